The highest BCUT2D eigenvalue weighted by molar-refractivity contribution is 5.14. The number of aromatic nitrogens is 1. The SMILES string of the molecule is N[C@@H](CCc1ccccc1)C(O)c1ncco1. The number of aliphatic hydroxyl groups is 1. The predicted octanol–water partition coefficient (Wildman–Crippen LogP) is 1.67. The largest absolute Gasteiger partial charge is 0.446 e. The summed E-state index contributed by atoms with van der Waals surface area (Å²) >= 11 is 0. The molecule has 4 nitrogen and oxygen atoms in total. The number of aliphatic hydroxyl groups excluding tert-OH is 1. The predicted molar refractivity (Wildman–Crippen MR) is 64.2 cm³/mol. The van der Waals surface area contributed by atoms with E-state index in [0.717, 1.165) is 6.42 Å². The maximum Gasteiger partial charge on any atom is 0.224 e. The van der Waals surface area contributed by atoms with Crippen molar-refractivity contribution < 1.29 is 9.52 Å². The Morgan fingerprint density at radius 1 is 1.29 bits per heavy atom. The van der Waals surface area contributed by atoms with Crippen molar-refractivity contribution >= 4 is 0 Å². The summed E-state index contributed by atoms with van der Waals surface area (Å²) in [6, 6.07) is 9.69. The van der Waals surface area contributed by atoms with Gasteiger partial charge < -0.3 is 15.3 Å². The number of rotatable bonds is 5. The van der Waals surface area contributed by atoms with Gasteiger partial charge in [0.25, 0.3) is 0 Å². The molecule has 1 aromatic carbocycles. The van der Waals surface area contributed by atoms with Crippen molar-refractivity contribution in [3.63, 3.8) is 0 Å². The third-order valence-electron chi connectivity index (χ3n) is 2.72. The molecule has 0 fully saturated rings. The lowest BCUT2D eigenvalue weighted by atomic mass is 10.0. The molecule has 0 spiro atoms. The molecule has 1 aromatic heterocycles. The van der Waals surface area contributed by atoms with Crippen LogP contribution < -0.4 is 5.73 Å². The van der Waals surface area contributed by atoms with Gasteiger partial charge >= 0.3 is 0 Å². The van der Waals surface area contributed by atoms with Crippen LogP contribution >= 0.6 is 0 Å². The summed E-state index contributed by atoms with van der Waals surface area (Å²) in [5, 5.41) is 9.87. The van der Waals surface area contributed by atoms with Crippen LogP contribution in [-0.4, -0.2) is 16.1 Å². The van der Waals surface area contributed by atoms with E-state index in [9.17, 15) is 5.11 Å². The number of nitrogens with zero attached hydrogens (tertiary/aromatic N) is 1. The quantitative estimate of drug-likeness (QED) is 0.822. The minimum absolute atomic E-state index is 0.283. The Morgan fingerprint density at radius 2 is 2.06 bits per heavy atom. The van der Waals surface area contributed by atoms with E-state index >= 15 is 0 Å². The summed E-state index contributed by atoms with van der Waals surface area (Å²) in [6.45, 7) is 0. The van der Waals surface area contributed by atoms with Gasteiger partial charge in [-0.2, -0.15) is 0 Å². The first-order valence-electron chi connectivity index (χ1n) is 5.64. The Bertz CT molecular complexity index is 428. The molecule has 0 aliphatic rings. The van der Waals surface area contributed by atoms with Crippen molar-refractivity contribution in [2.75, 3.05) is 0 Å². The fourth-order valence-corrected chi connectivity index (χ4v) is 1.70. The number of nitrogens with two attached hydrogens (primary N) is 1. The van der Waals surface area contributed by atoms with Crippen molar-refractivity contribution in [3.05, 3.63) is 54.2 Å². The molecule has 0 amide bonds. The molecule has 4 heteroatoms. The second-order valence-corrected chi connectivity index (χ2v) is 4.00. The molecule has 3 N–H and O–H groups in total. The van der Waals surface area contributed by atoms with Crippen LogP contribution in [0.15, 0.2) is 47.2 Å². The van der Waals surface area contributed by atoms with E-state index in [0.29, 0.717) is 6.42 Å². The Kier molecular flexibility index (Phi) is 3.90. The normalized spacial score (nSPS) is 14.5. The zero-order valence-electron chi connectivity index (χ0n) is 9.49. The van der Waals surface area contributed by atoms with Crippen LogP contribution in [0.1, 0.15) is 24.0 Å². The molecule has 17 heavy (non-hydrogen) atoms. The van der Waals surface area contributed by atoms with Gasteiger partial charge in [0, 0.05) is 6.04 Å². The van der Waals surface area contributed by atoms with E-state index in [4.69, 9.17) is 10.2 Å². The fourth-order valence-electron chi connectivity index (χ4n) is 1.70. The summed E-state index contributed by atoms with van der Waals surface area (Å²) in [7, 11) is 0. The lowest BCUT2D eigenvalue weighted by molar-refractivity contribution is 0.112. The number of hydrogen-bond acceptors (Lipinski definition) is 4. The zero-order valence-corrected chi connectivity index (χ0v) is 9.49. The Balaban J connectivity index is 1.87. The van der Waals surface area contributed by atoms with Gasteiger partial charge in [0.15, 0.2) is 0 Å². The molecule has 0 saturated heterocycles. The van der Waals surface area contributed by atoms with Crippen LogP contribution in [-0.2, 0) is 6.42 Å². The lowest BCUT2D eigenvalue weighted by Crippen LogP contribution is -2.29. The summed E-state index contributed by atoms with van der Waals surface area (Å²) in [5.74, 6) is 0.283. The second kappa shape index (κ2) is 5.61. The average Bonchev–Trinajstić information content (AvgIpc) is 2.90. The van der Waals surface area contributed by atoms with Crippen molar-refractivity contribution in [3.8, 4) is 0 Å². The third kappa shape index (κ3) is 3.15. The average molecular weight is 232 g/mol. The van der Waals surface area contributed by atoms with Crippen LogP contribution in [0.4, 0.5) is 0 Å². The molecular weight excluding hydrogens is 216 g/mol. The molecule has 0 radical (unpaired) electrons. The first kappa shape index (κ1) is 11.8. The summed E-state index contributed by atoms with van der Waals surface area (Å²) < 4.78 is 5.03. The minimum atomic E-state index is -0.839. The van der Waals surface area contributed by atoms with Crippen LogP contribution in [0, 0.1) is 0 Å². The maximum absolute atomic E-state index is 9.87. The maximum atomic E-state index is 9.87. The standard InChI is InChI=1S/C13H16N2O2/c14-11(12(16)13-15-8-9-17-13)7-6-10-4-2-1-3-5-10/h1-5,8-9,11-12,16H,6-7,14H2/t11-,12?/m0/s1. The Morgan fingerprint density at radius 3 is 2.71 bits per heavy atom. The molecule has 2 atom stereocenters. The summed E-state index contributed by atoms with van der Waals surface area (Å²) in [6.07, 6.45) is 3.62. The molecule has 2 rings (SSSR count). The van der Waals surface area contributed by atoms with Crippen LogP contribution in [0.2, 0.25) is 0 Å². The molecule has 2 aromatic rings. The van der Waals surface area contributed by atoms with Gasteiger partial charge in [-0.25, -0.2) is 4.98 Å². The van der Waals surface area contributed by atoms with Gasteiger partial charge in [0.05, 0.1) is 6.20 Å². The monoisotopic (exact) mass is 232 g/mol. The molecule has 0 aliphatic heterocycles. The zero-order chi connectivity index (χ0) is 12.1. The van der Waals surface area contributed by atoms with Crippen molar-refractivity contribution in [1.29, 1.82) is 0 Å². The van der Waals surface area contributed by atoms with Gasteiger partial charge in [-0.05, 0) is 18.4 Å². The smallest absolute Gasteiger partial charge is 0.224 e. The molecule has 90 valence electrons. The fraction of sp³-hybridized carbons (Fsp3) is 0.308. The minimum Gasteiger partial charge on any atom is -0.446 e. The Labute approximate surface area is 100 Å². The molecule has 0 bridgehead atoms. The number of aryl methyl sites for hydroxylation is 1. The van der Waals surface area contributed by atoms with Crippen LogP contribution in [0.3, 0.4) is 0 Å². The first-order valence-corrected chi connectivity index (χ1v) is 5.64. The molecule has 0 saturated carbocycles. The van der Waals surface area contributed by atoms with E-state index in [-0.39, 0.29) is 11.9 Å². The topological polar surface area (TPSA) is 72.3 Å². The van der Waals surface area contributed by atoms with Gasteiger partial charge in [-0.3, -0.25) is 0 Å². The third-order valence-corrected chi connectivity index (χ3v) is 2.72. The summed E-state index contributed by atoms with van der Waals surface area (Å²) in [5.41, 5.74) is 7.12. The number of oxazole rings is 1. The highest BCUT2D eigenvalue weighted by atomic mass is 16.4. The van der Waals surface area contributed by atoms with Crippen molar-refractivity contribution in [2.24, 2.45) is 5.73 Å². The first-order chi connectivity index (χ1) is 8.27. The molecule has 0 aliphatic carbocycles. The molecular formula is C13H16N2O2. The van der Waals surface area contributed by atoms with Gasteiger partial charge in [-0.1, -0.05) is 30.3 Å². The van der Waals surface area contributed by atoms with Gasteiger partial charge in [-0.15, -0.1) is 0 Å². The van der Waals surface area contributed by atoms with E-state index in [1.165, 1.54) is 18.0 Å². The van der Waals surface area contributed by atoms with Gasteiger partial charge in [0.2, 0.25) is 5.89 Å². The highest BCUT2D eigenvalue weighted by Crippen LogP contribution is 2.16. The van der Waals surface area contributed by atoms with Crippen molar-refractivity contribution in [1.82, 2.24) is 4.98 Å². The number of hydrogen-bond donors (Lipinski definition) is 2. The van der Waals surface area contributed by atoms with Gasteiger partial charge in [0.1, 0.15) is 12.4 Å². The van der Waals surface area contributed by atoms with Crippen LogP contribution in [0.5, 0.6) is 0 Å². The van der Waals surface area contributed by atoms with Crippen molar-refractivity contribution in [2.45, 2.75) is 25.0 Å². The van der Waals surface area contributed by atoms with E-state index < -0.39 is 6.10 Å². The van der Waals surface area contributed by atoms with Crippen LogP contribution in [0.25, 0.3) is 0 Å². The highest BCUT2D eigenvalue weighted by Gasteiger charge is 2.20. The second-order valence-electron chi connectivity index (χ2n) is 4.00. The molecule has 1 unspecified atom stereocenters. The lowest BCUT2D eigenvalue weighted by Gasteiger charge is -2.15. The van der Waals surface area contributed by atoms with E-state index in [2.05, 4.69) is 4.98 Å². The van der Waals surface area contributed by atoms with E-state index in [1.807, 2.05) is 30.3 Å². The molecule has 1 heterocycles. The Hall–Kier alpha value is -1.65. The summed E-state index contributed by atoms with van der Waals surface area (Å²) in [4.78, 5) is 3.90. The number of benzene rings is 1. The van der Waals surface area contributed by atoms with E-state index in [1.54, 1.807) is 0 Å².